The van der Waals surface area contributed by atoms with Crippen LogP contribution in [0.25, 0.3) is 0 Å². The number of hydrogen-bond donors (Lipinski definition) is 2. The highest BCUT2D eigenvalue weighted by Crippen LogP contribution is 2.36. The Balaban J connectivity index is 1.69. The Morgan fingerprint density at radius 3 is 2.96 bits per heavy atom. The quantitative estimate of drug-likeness (QED) is 0.625. The van der Waals surface area contributed by atoms with Crippen LogP contribution in [-0.2, 0) is 4.79 Å². The van der Waals surface area contributed by atoms with E-state index >= 15 is 0 Å². The van der Waals surface area contributed by atoms with Gasteiger partial charge in [-0.15, -0.1) is 4.59 Å². The summed E-state index contributed by atoms with van der Waals surface area (Å²) in [4.78, 5) is 20.4. The molecule has 7 heteroatoms. The van der Waals surface area contributed by atoms with Gasteiger partial charge < -0.3 is 10.1 Å². The van der Waals surface area contributed by atoms with Crippen molar-refractivity contribution in [3.63, 3.8) is 0 Å². The van der Waals surface area contributed by atoms with Crippen molar-refractivity contribution >= 4 is 18.0 Å². The van der Waals surface area contributed by atoms with E-state index in [9.17, 15) is 4.79 Å². The lowest BCUT2D eigenvalue weighted by molar-refractivity contribution is -0.750. The van der Waals surface area contributed by atoms with E-state index in [1.165, 1.54) is 0 Å². The molecular weight excluding hydrogens is 330 g/mol. The van der Waals surface area contributed by atoms with Crippen molar-refractivity contribution in [2.45, 2.75) is 0 Å². The molecule has 0 bridgehead atoms. The Bertz CT molecular complexity index is 968. The summed E-state index contributed by atoms with van der Waals surface area (Å²) in [5, 5.41) is 2.53. The summed E-state index contributed by atoms with van der Waals surface area (Å²) < 4.78 is 5.49. The zero-order valence-electron chi connectivity index (χ0n) is 14.2. The second kappa shape index (κ2) is 6.21. The SMILES string of the molecule is CNC(=O)COc1cccc(C2=NC(C3=CC=C3)=C3C=NC=C[N+]23N)c1. The molecule has 0 spiro atoms. The Morgan fingerprint density at radius 1 is 1.38 bits per heavy atom. The first-order chi connectivity index (χ1) is 12.6. The molecule has 130 valence electrons. The number of allylic oxidation sites excluding steroid dienone is 4. The third-order valence-electron chi connectivity index (χ3n) is 4.36. The molecule has 1 aliphatic carbocycles. The number of aliphatic imine (C=N–C) groups is 2. The van der Waals surface area contributed by atoms with Crippen LogP contribution in [0, 0.1) is 0 Å². The molecule has 2 heterocycles. The normalized spacial score (nSPS) is 22.5. The maximum atomic E-state index is 11.4. The smallest absolute Gasteiger partial charge is 0.265 e. The number of carbonyl (C=O) groups is 1. The number of likely N-dealkylation sites (N-methyl/N-ethyl adjacent to an activating group) is 1. The molecule has 1 atom stereocenters. The van der Waals surface area contributed by atoms with Crippen LogP contribution in [0.4, 0.5) is 0 Å². The molecule has 4 rings (SSSR count). The van der Waals surface area contributed by atoms with Crippen LogP contribution in [0.3, 0.4) is 0 Å². The molecule has 26 heavy (non-hydrogen) atoms. The van der Waals surface area contributed by atoms with E-state index < -0.39 is 0 Å². The lowest BCUT2D eigenvalue weighted by Gasteiger charge is -2.26. The minimum absolute atomic E-state index is 0.0476. The van der Waals surface area contributed by atoms with Crippen molar-refractivity contribution in [2.24, 2.45) is 15.8 Å². The summed E-state index contributed by atoms with van der Waals surface area (Å²) in [6.07, 6.45) is 11.2. The highest BCUT2D eigenvalue weighted by atomic mass is 16.5. The molecule has 3 aliphatic rings. The predicted molar refractivity (Wildman–Crippen MR) is 98.9 cm³/mol. The van der Waals surface area contributed by atoms with Crippen molar-refractivity contribution in [3.8, 4) is 5.75 Å². The zero-order valence-corrected chi connectivity index (χ0v) is 14.2. The number of hydrogen-bond acceptors (Lipinski definition) is 5. The van der Waals surface area contributed by atoms with Gasteiger partial charge in [0.25, 0.3) is 11.7 Å². The number of rotatable bonds is 5. The summed E-state index contributed by atoms with van der Waals surface area (Å²) >= 11 is 0. The number of carbonyl (C=O) groups excluding carboxylic acids is 1. The number of nitrogens with zero attached hydrogens (tertiary/aromatic N) is 3. The molecule has 1 amide bonds. The van der Waals surface area contributed by atoms with Gasteiger partial charge in [0.2, 0.25) is 5.70 Å². The van der Waals surface area contributed by atoms with E-state index in [1.54, 1.807) is 31.7 Å². The molecule has 3 N–H and O–H groups in total. The highest BCUT2D eigenvalue weighted by molar-refractivity contribution is 6.01. The molecule has 1 unspecified atom stereocenters. The topological polar surface area (TPSA) is 89.1 Å². The minimum atomic E-state index is -0.193. The average molecular weight is 348 g/mol. The van der Waals surface area contributed by atoms with E-state index in [2.05, 4.69) is 10.3 Å². The molecule has 7 nitrogen and oxygen atoms in total. The molecule has 0 aromatic heterocycles. The number of benzene rings is 1. The molecule has 2 aliphatic heterocycles. The summed E-state index contributed by atoms with van der Waals surface area (Å²) in [5.41, 5.74) is 3.47. The minimum Gasteiger partial charge on any atom is -0.484 e. The van der Waals surface area contributed by atoms with Crippen LogP contribution in [0.1, 0.15) is 5.56 Å². The second-order valence-electron chi connectivity index (χ2n) is 5.99. The molecule has 0 fully saturated rings. The number of nitrogens with one attached hydrogen (secondary N) is 1. The van der Waals surface area contributed by atoms with Gasteiger partial charge in [-0.05, 0) is 18.2 Å². The number of quaternary nitrogens is 1. The first-order valence-electron chi connectivity index (χ1n) is 8.17. The van der Waals surface area contributed by atoms with Gasteiger partial charge in [-0.25, -0.2) is 0 Å². The van der Waals surface area contributed by atoms with E-state index in [-0.39, 0.29) is 17.1 Å². The fourth-order valence-corrected chi connectivity index (χ4v) is 2.89. The second-order valence-corrected chi connectivity index (χ2v) is 5.99. The molecule has 1 aromatic carbocycles. The number of amides is 1. The van der Waals surface area contributed by atoms with Crippen LogP contribution in [-0.4, -0.2) is 36.2 Å². The highest BCUT2D eigenvalue weighted by Gasteiger charge is 2.44. The first-order valence-corrected chi connectivity index (χ1v) is 8.17. The van der Waals surface area contributed by atoms with E-state index in [4.69, 9.17) is 15.6 Å². The zero-order chi connectivity index (χ0) is 18.1. The summed E-state index contributed by atoms with van der Waals surface area (Å²) in [5.74, 6) is 7.71. The standard InChI is InChI=1S/C19H17N5O2/c1-21-17(25)12-26-15-7-3-6-14(10-15)19-23-18(13-4-2-5-13)16-11-22-8-9-24(16,19)20/h2-11H,12,20H2,1H3/p+1. The summed E-state index contributed by atoms with van der Waals surface area (Å²) in [6.45, 7) is -0.0476. The summed E-state index contributed by atoms with van der Waals surface area (Å²) in [6, 6.07) is 7.40. The van der Waals surface area contributed by atoms with Gasteiger partial charge in [0.15, 0.2) is 6.61 Å². The van der Waals surface area contributed by atoms with Crippen LogP contribution < -0.4 is 15.9 Å². The lowest BCUT2D eigenvalue weighted by atomic mass is 10.0. The third-order valence-corrected chi connectivity index (χ3v) is 4.36. The molecular formula is C19H18N5O2+. The lowest BCUT2D eigenvalue weighted by Crippen LogP contribution is -2.53. The van der Waals surface area contributed by atoms with Crippen molar-refractivity contribution in [1.29, 1.82) is 0 Å². The van der Waals surface area contributed by atoms with E-state index in [0.29, 0.717) is 11.6 Å². The fourth-order valence-electron chi connectivity index (χ4n) is 2.89. The fraction of sp³-hybridized carbons (Fsp3) is 0.105. The van der Waals surface area contributed by atoms with Crippen LogP contribution in [0.15, 0.2) is 81.8 Å². The Labute approximate surface area is 150 Å². The van der Waals surface area contributed by atoms with Crippen LogP contribution in [0.2, 0.25) is 0 Å². The maximum Gasteiger partial charge on any atom is 0.265 e. The van der Waals surface area contributed by atoms with Gasteiger partial charge in [0.05, 0.1) is 18.0 Å². The Kier molecular flexibility index (Phi) is 3.87. The van der Waals surface area contributed by atoms with Gasteiger partial charge in [0, 0.05) is 12.6 Å². The van der Waals surface area contributed by atoms with Gasteiger partial charge >= 0.3 is 0 Å². The summed E-state index contributed by atoms with van der Waals surface area (Å²) in [7, 11) is 1.57. The van der Waals surface area contributed by atoms with Gasteiger partial charge in [0.1, 0.15) is 17.6 Å². The molecule has 0 radical (unpaired) electrons. The number of nitrogens with two attached hydrogens (primary N) is 1. The van der Waals surface area contributed by atoms with Gasteiger partial charge in [-0.1, -0.05) is 24.3 Å². The predicted octanol–water partition coefficient (Wildman–Crippen LogP) is 1.53. The van der Waals surface area contributed by atoms with E-state index in [0.717, 1.165) is 22.5 Å². The number of amidine groups is 1. The van der Waals surface area contributed by atoms with Gasteiger partial charge in [-0.3, -0.25) is 9.79 Å². The Hall–Kier alpha value is -3.29. The van der Waals surface area contributed by atoms with Crippen molar-refractivity contribution in [3.05, 3.63) is 77.4 Å². The van der Waals surface area contributed by atoms with E-state index in [1.807, 2.05) is 36.4 Å². The number of ether oxygens (including phenoxy) is 1. The molecule has 0 saturated carbocycles. The van der Waals surface area contributed by atoms with Crippen molar-refractivity contribution < 1.29 is 14.1 Å². The third kappa shape index (κ3) is 2.59. The van der Waals surface area contributed by atoms with Crippen LogP contribution in [0.5, 0.6) is 5.75 Å². The average Bonchev–Trinajstić information content (AvgIpc) is 2.91. The van der Waals surface area contributed by atoms with Gasteiger partial charge in [-0.2, -0.15) is 10.8 Å². The van der Waals surface area contributed by atoms with Crippen molar-refractivity contribution in [2.75, 3.05) is 13.7 Å². The maximum absolute atomic E-state index is 11.4. The first kappa shape index (κ1) is 16.2. The molecule has 0 saturated heterocycles. The number of fused-ring (bicyclic) bond motifs is 1. The van der Waals surface area contributed by atoms with Crippen LogP contribution >= 0.6 is 0 Å². The largest absolute Gasteiger partial charge is 0.484 e. The van der Waals surface area contributed by atoms with Crippen molar-refractivity contribution in [1.82, 2.24) is 5.32 Å². The Morgan fingerprint density at radius 2 is 2.23 bits per heavy atom. The monoisotopic (exact) mass is 348 g/mol. The molecule has 1 aromatic rings.